The number of carboxylic acid groups (broad SMARTS) is 1. The Hall–Kier alpha value is -1.56. The molecule has 1 aliphatic carbocycles. The lowest BCUT2D eigenvalue weighted by molar-refractivity contribution is -0.144. The van der Waals surface area contributed by atoms with Crippen LogP contribution in [-0.2, 0) is 9.22 Å². The van der Waals surface area contributed by atoms with Gasteiger partial charge in [0.25, 0.3) is 0 Å². The van der Waals surface area contributed by atoms with Gasteiger partial charge in [-0.1, -0.05) is 69.3 Å². The quantitative estimate of drug-likeness (QED) is 0.564. The van der Waals surface area contributed by atoms with Crippen LogP contribution in [0.2, 0.25) is 18.1 Å². The lowest BCUT2D eigenvalue weighted by atomic mass is 9.99. The average Bonchev–Trinajstić information content (AvgIpc) is 2.94. The van der Waals surface area contributed by atoms with Gasteiger partial charge in [-0.2, -0.15) is 11.8 Å². The molecular weight excluding hydrogens is 384 g/mol. The van der Waals surface area contributed by atoms with Gasteiger partial charge in [0.1, 0.15) is 0 Å². The van der Waals surface area contributed by atoms with Crippen LogP contribution in [-0.4, -0.2) is 37.0 Å². The Morgan fingerprint density at radius 1 is 1.07 bits per heavy atom. The van der Waals surface area contributed by atoms with E-state index >= 15 is 0 Å². The van der Waals surface area contributed by atoms with E-state index in [0.29, 0.717) is 11.7 Å². The average molecular weight is 415 g/mol. The van der Waals surface area contributed by atoms with E-state index in [0.717, 1.165) is 5.75 Å². The molecule has 0 spiro atoms. The van der Waals surface area contributed by atoms with Crippen LogP contribution in [0.1, 0.15) is 37.8 Å². The molecule has 0 saturated heterocycles. The minimum atomic E-state index is -2.12. The fourth-order valence-electron chi connectivity index (χ4n) is 3.42. The standard InChI is InChI=1S/C23H30O3SSi/c1-23(2,3)28(4,5)26-21(22(24)25)15-27-14-20-18-12-8-6-10-16(18)17-11-7-9-13-19(17)20/h6-13,20-21H,14-15H2,1-5H3,(H,24,25). The van der Waals surface area contributed by atoms with Crippen molar-refractivity contribution in [3.63, 3.8) is 0 Å². The van der Waals surface area contributed by atoms with Gasteiger partial charge in [-0.05, 0) is 40.4 Å². The summed E-state index contributed by atoms with van der Waals surface area (Å²) in [7, 11) is -2.12. The van der Waals surface area contributed by atoms with Crippen molar-refractivity contribution < 1.29 is 14.3 Å². The predicted octanol–water partition coefficient (Wildman–Crippen LogP) is 6.01. The van der Waals surface area contributed by atoms with Gasteiger partial charge in [0.15, 0.2) is 14.4 Å². The number of carboxylic acids is 1. The molecule has 1 N–H and O–H groups in total. The second kappa shape index (κ2) is 8.05. The minimum Gasteiger partial charge on any atom is -0.479 e. The molecule has 0 radical (unpaired) electrons. The van der Waals surface area contributed by atoms with Crippen molar-refractivity contribution in [1.29, 1.82) is 0 Å². The Morgan fingerprint density at radius 3 is 2.04 bits per heavy atom. The summed E-state index contributed by atoms with van der Waals surface area (Å²) in [6.07, 6.45) is -0.752. The second-order valence-electron chi connectivity index (χ2n) is 8.97. The van der Waals surface area contributed by atoms with Crippen molar-refractivity contribution in [2.45, 2.75) is 50.9 Å². The number of fused-ring (bicyclic) bond motifs is 3. The van der Waals surface area contributed by atoms with Crippen molar-refractivity contribution in [2.75, 3.05) is 11.5 Å². The number of benzene rings is 2. The third kappa shape index (κ3) is 4.21. The molecule has 150 valence electrons. The second-order valence-corrected chi connectivity index (χ2v) is 14.8. The normalized spacial score (nSPS) is 15.2. The highest BCUT2D eigenvalue weighted by Gasteiger charge is 2.41. The molecule has 0 fully saturated rings. The van der Waals surface area contributed by atoms with E-state index in [2.05, 4.69) is 82.4 Å². The summed E-state index contributed by atoms with van der Waals surface area (Å²) < 4.78 is 6.19. The Balaban J connectivity index is 1.71. The SMILES string of the molecule is CC(C)(C)[Si](C)(C)OC(CSCC1c2ccccc2-c2ccccc21)C(=O)O. The van der Waals surface area contributed by atoms with E-state index in [1.807, 2.05) is 0 Å². The fraction of sp³-hybridized carbons (Fsp3) is 0.435. The lowest BCUT2D eigenvalue weighted by Gasteiger charge is -2.38. The first-order valence-electron chi connectivity index (χ1n) is 9.78. The van der Waals surface area contributed by atoms with Gasteiger partial charge in [-0.15, -0.1) is 0 Å². The monoisotopic (exact) mass is 414 g/mol. The topological polar surface area (TPSA) is 46.5 Å². The van der Waals surface area contributed by atoms with E-state index in [1.54, 1.807) is 11.8 Å². The molecule has 0 aliphatic heterocycles. The number of carbonyl (C=O) groups is 1. The summed E-state index contributed by atoms with van der Waals surface area (Å²) in [6, 6.07) is 17.1. The highest BCUT2D eigenvalue weighted by Crippen LogP contribution is 2.46. The van der Waals surface area contributed by atoms with E-state index in [4.69, 9.17) is 4.43 Å². The number of aliphatic carboxylic acids is 1. The van der Waals surface area contributed by atoms with Crippen molar-refractivity contribution in [1.82, 2.24) is 0 Å². The van der Waals surface area contributed by atoms with E-state index in [-0.39, 0.29) is 5.04 Å². The Labute approximate surface area is 173 Å². The van der Waals surface area contributed by atoms with Crippen LogP contribution in [0, 0.1) is 0 Å². The van der Waals surface area contributed by atoms with Crippen molar-refractivity contribution in [2.24, 2.45) is 0 Å². The molecule has 0 saturated carbocycles. The molecule has 2 aromatic rings. The Kier molecular flexibility index (Phi) is 6.08. The summed E-state index contributed by atoms with van der Waals surface area (Å²) in [6.45, 7) is 10.6. The molecule has 5 heteroatoms. The van der Waals surface area contributed by atoms with Gasteiger partial charge < -0.3 is 9.53 Å². The first-order valence-corrected chi connectivity index (χ1v) is 13.8. The van der Waals surface area contributed by atoms with Gasteiger partial charge in [-0.25, -0.2) is 4.79 Å². The molecule has 2 aromatic carbocycles. The van der Waals surface area contributed by atoms with Gasteiger partial charge in [0.2, 0.25) is 0 Å². The number of hydrogen-bond acceptors (Lipinski definition) is 3. The smallest absolute Gasteiger partial charge is 0.332 e. The Bertz CT molecular complexity index is 811. The van der Waals surface area contributed by atoms with Gasteiger partial charge in [0, 0.05) is 17.4 Å². The summed E-state index contributed by atoms with van der Waals surface area (Å²) in [4.78, 5) is 11.8. The van der Waals surface area contributed by atoms with Crippen LogP contribution >= 0.6 is 11.8 Å². The third-order valence-electron chi connectivity index (χ3n) is 6.03. The lowest BCUT2D eigenvalue weighted by Crippen LogP contribution is -2.46. The van der Waals surface area contributed by atoms with Crippen molar-refractivity contribution >= 4 is 26.0 Å². The maximum Gasteiger partial charge on any atom is 0.332 e. The number of rotatable bonds is 7. The summed E-state index contributed by atoms with van der Waals surface area (Å²) >= 11 is 1.68. The fourth-order valence-corrected chi connectivity index (χ4v) is 5.95. The molecule has 0 amide bonds. The van der Waals surface area contributed by atoms with Crippen LogP contribution in [0.5, 0.6) is 0 Å². The first-order chi connectivity index (χ1) is 13.1. The van der Waals surface area contributed by atoms with Crippen LogP contribution in [0.25, 0.3) is 11.1 Å². The predicted molar refractivity (Wildman–Crippen MR) is 121 cm³/mol. The molecule has 28 heavy (non-hydrogen) atoms. The summed E-state index contributed by atoms with van der Waals surface area (Å²) in [5, 5.41) is 9.69. The largest absolute Gasteiger partial charge is 0.479 e. The molecule has 1 aliphatic rings. The van der Waals surface area contributed by atoms with Crippen LogP contribution in [0.4, 0.5) is 0 Å². The maximum atomic E-state index is 11.8. The molecule has 0 heterocycles. The zero-order valence-corrected chi connectivity index (χ0v) is 19.2. The third-order valence-corrected chi connectivity index (χ3v) is 11.6. The minimum absolute atomic E-state index is 0.00526. The zero-order chi connectivity index (χ0) is 20.5. The van der Waals surface area contributed by atoms with Crippen molar-refractivity contribution in [3.05, 3.63) is 59.7 Å². The molecule has 1 atom stereocenters. The van der Waals surface area contributed by atoms with Crippen LogP contribution in [0.15, 0.2) is 48.5 Å². The van der Waals surface area contributed by atoms with Crippen LogP contribution < -0.4 is 0 Å². The van der Waals surface area contributed by atoms with Crippen LogP contribution in [0.3, 0.4) is 0 Å². The van der Waals surface area contributed by atoms with E-state index < -0.39 is 20.4 Å². The molecule has 0 aromatic heterocycles. The molecule has 3 nitrogen and oxygen atoms in total. The molecule has 3 rings (SSSR count). The van der Waals surface area contributed by atoms with E-state index in [9.17, 15) is 9.90 Å². The maximum absolute atomic E-state index is 11.8. The number of hydrogen-bond donors (Lipinski definition) is 1. The van der Waals surface area contributed by atoms with E-state index in [1.165, 1.54) is 22.3 Å². The molecule has 0 bridgehead atoms. The highest BCUT2D eigenvalue weighted by molar-refractivity contribution is 7.99. The summed E-state index contributed by atoms with van der Waals surface area (Å²) in [5.41, 5.74) is 5.29. The van der Waals surface area contributed by atoms with Gasteiger partial charge in [0.05, 0.1) is 0 Å². The first kappa shape index (κ1) is 21.2. The van der Waals surface area contributed by atoms with Gasteiger partial charge >= 0.3 is 5.97 Å². The zero-order valence-electron chi connectivity index (χ0n) is 17.4. The molecule has 1 unspecified atom stereocenters. The number of thioether (sulfide) groups is 1. The Morgan fingerprint density at radius 2 is 1.57 bits per heavy atom. The molecular formula is C23H30O3SSi. The highest BCUT2D eigenvalue weighted by atomic mass is 32.2. The van der Waals surface area contributed by atoms with Gasteiger partial charge in [-0.3, -0.25) is 0 Å². The summed E-state index contributed by atoms with van der Waals surface area (Å²) in [5.74, 6) is 0.783. The van der Waals surface area contributed by atoms with Crippen molar-refractivity contribution in [3.8, 4) is 11.1 Å².